The van der Waals surface area contributed by atoms with Crippen LogP contribution in [0.15, 0.2) is 10.5 Å². The third kappa shape index (κ3) is 4.35. The molecular weight excluding hydrogens is 248 g/mol. The molecule has 1 aliphatic rings. The second-order valence-corrected chi connectivity index (χ2v) is 6.42. The van der Waals surface area contributed by atoms with Gasteiger partial charge < -0.3 is 14.6 Å². The summed E-state index contributed by atoms with van der Waals surface area (Å²) in [4.78, 5) is 2.61. The monoisotopic (exact) mass is 278 g/mol. The predicted molar refractivity (Wildman–Crippen MR) is 84.1 cm³/mol. The molecule has 0 amide bonds. The number of nitrogens with one attached hydrogen (secondary N) is 1. The zero-order valence-corrected chi connectivity index (χ0v) is 13.5. The van der Waals surface area contributed by atoms with Gasteiger partial charge in [-0.05, 0) is 78.2 Å². The van der Waals surface area contributed by atoms with E-state index in [1.54, 1.807) is 0 Å². The highest BCUT2D eigenvalue weighted by Crippen LogP contribution is 2.21. The summed E-state index contributed by atoms with van der Waals surface area (Å²) in [5.74, 6) is 2.98. The number of nitrogens with zero attached hydrogens (tertiary/aromatic N) is 1. The summed E-state index contributed by atoms with van der Waals surface area (Å²) >= 11 is 0. The molecule has 0 aromatic carbocycles. The highest BCUT2D eigenvalue weighted by molar-refractivity contribution is 5.23. The van der Waals surface area contributed by atoms with Gasteiger partial charge >= 0.3 is 0 Å². The van der Waals surface area contributed by atoms with Crippen molar-refractivity contribution in [1.82, 2.24) is 10.2 Å². The largest absolute Gasteiger partial charge is 0.466 e. The number of likely N-dealkylation sites (tertiary alicyclic amines) is 1. The molecule has 1 atom stereocenters. The van der Waals surface area contributed by atoms with Gasteiger partial charge in [-0.15, -0.1) is 0 Å². The van der Waals surface area contributed by atoms with Crippen molar-refractivity contribution in [2.75, 3.05) is 26.2 Å². The molecule has 1 N–H and O–H groups in total. The molecule has 3 heteroatoms. The summed E-state index contributed by atoms with van der Waals surface area (Å²) in [6.45, 7) is 13.5. The summed E-state index contributed by atoms with van der Waals surface area (Å²) in [6.07, 6.45) is 3.98. The Bertz CT molecular complexity index is 405. The molecule has 114 valence electrons. The minimum atomic E-state index is 0.383. The third-order valence-electron chi connectivity index (χ3n) is 4.52. The number of hydrogen-bond donors (Lipinski definition) is 1. The maximum absolute atomic E-state index is 5.60. The number of hydrogen-bond acceptors (Lipinski definition) is 3. The van der Waals surface area contributed by atoms with Crippen LogP contribution in [0.3, 0.4) is 0 Å². The van der Waals surface area contributed by atoms with Crippen LogP contribution in [0.4, 0.5) is 0 Å². The van der Waals surface area contributed by atoms with E-state index in [0.29, 0.717) is 6.04 Å². The van der Waals surface area contributed by atoms with Gasteiger partial charge in [0.15, 0.2) is 0 Å². The fraction of sp³-hybridized carbons (Fsp3) is 0.765. The molecule has 20 heavy (non-hydrogen) atoms. The van der Waals surface area contributed by atoms with Crippen LogP contribution in [0.2, 0.25) is 0 Å². The minimum Gasteiger partial charge on any atom is -0.466 e. The molecule has 3 nitrogen and oxygen atoms in total. The molecule has 1 unspecified atom stereocenters. The number of piperidine rings is 1. The quantitative estimate of drug-likeness (QED) is 0.805. The maximum Gasteiger partial charge on any atom is 0.105 e. The van der Waals surface area contributed by atoms with Crippen molar-refractivity contribution in [2.24, 2.45) is 5.92 Å². The lowest BCUT2D eigenvalue weighted by Crippen LogP contribution is -2.35. The Morgan fingerprint density at radius 3 is 2.65 bits per heavy atom. The number of aryl methyl sites for hydroxylation is 2. The molecule has 2 rings (SSSR count). The predicted octanol–water partition coefficient (Wildman–Crippen LogP) is 3.67. The molecular formula is C17H30N2O. The zero-order valence-electron chi connectivity index (χ0n) is 13.5. The first kappa shape index (κ1) is 15.6. The summed E-state index contributed by atoms with van der Waals surface area (Å²) < 4.78 is 5.60. The molecule has 0 spiro atoms. The summed E-state index contributed by atoms with van der Waals surface area (Å²) in [7, 11) is 0. The first-order chi connectivity index (χ1) is 9.56. The first-order valence-corrected chi connectivity index (χ1v) is 8.09. The van der Waals surface area contributed by atoms with E-state index >= 15 is 0 Å². The normalized spacial score (nSPS) is 19.4. The molecule has 0 radical (unpaired) electrons. The Labute approximate surface area is 123 Å². The Morgan fingerprint density at radius 1 is 1.35 bits per heavy atom. The fourth-order valence-electron chi connectivity index (χ4n) is 3.10. The van der Waals surface area contributed by atoms with Crippen molar-refractivity contribution in [3.05, 3.63) is 23.2 Å². The van der Waals surface area contributed by atoms with Gasteiger partial charge in [0.05, 0.1) is 0 Å². The van der Waals surface area contributed by atoms with Crippen LogP contribution in [0.25, 0.3) is 0 Å². The van der Waals surface area contributed by atoms with Crippen LogP contribution >= 0.6 is 0 Å². The topological polar surface area (TPSA) is 28.4 Å². The van der Waals surface area contributed by atoms with E-state index in [0.717, 1.165) is 24.0 Å². The van der Waals surface area contributed by atoms with Crippen molar-refractivity contribution in [3.8, 4) is 0 Å². The maximum atomic E-state index is 5.60. The molecule has 0 aliphatic carbocycles. The lowest BCUT2D eigenvalue weighted by Gasteiger charge is -2.30. The molecule has 1 saturated heterocycles. The van der Waals surface area contributed by atoms with E-state index in [9.17, 15) is 0 Å². The molecule has 0 bridgehead atoms. The zero-order chi connectivity index (χ0) is 14.5. The molecule has 1 fully saturated rings. The van der Waals surface area contributed by atoms with Gasteiger partial charge in [-0.25, -0.2) is 0 Å². The summed E-state index contributed by atoms with van der Waals surface area (Å²) in [5.41, 5.74) is 1.30. The van der Waals surface area contributed by atoms with Gasteiger partial charge in [0.1, 0.15) is 11.5 Å². The first-order valence-electron chi connectivity index (χ1n) is 8.09. The van der Waals surface area contributed by atoms with Crippen molar-refractivity contribution in [2.45, 2.75) is 53.0 Å². The number of furan rings is 1. The number of rotatable bonds is 6. The molecule has 1 aromatic heterocycles. The van der Waals surface area contributed by atoms with Crippen LogP contribution in [-0.2, 0) is 0 Å². The molecule has 2 heterocycles. The van der Waals surface area contributed by atoms with E-state index in [1.807, 2.05) is 6.92 Å². The lowest BCUT2D eigenvalue weighted by molar-refractivity contribution is 0.190. The Hall–Kier alpha value is -0.800. The van der Waals surface area contributed by atoms with Gasteiger partial charge in [-0.1, -0.05) is 6.92 Å². The average Bonchev–Trinajstić information content (AvgIpc) is 2.75. The Morgan fingerprint density at radius 2 is 2.05 bits per heavy atom. The molecule has 1 aliphatic heterocycles. The highest BCUT2D eigenvalue weighted by Gasteiger charge is 2.15. The van der Waals surface area contributed by atoms with Crippen LogP contribution in [0, 0.1) is 19.8 Å². The average molecular weight is 278 g/mol. The lowest BCUT2D eigenvalue weighted by atomic mass is 9.99. The molecule has 1 aromatic rings. The fourth-order valence-corrected chi connectivity index (χ4v) is 3.10. The van der Waals surface area contributed by atoms with Gasteiger partial charge in [0.2, 0.25) is 0 Å². The second-order valence-electron chi connectivity index (χ2n) is 6.42. The standard InChI is InChI=1S/C17H30N2O/c1-13-6-10-19(11-7-13)9-5-8-18-15(3)17-12-14(2)20-16(17)4/h12-13,15,18H,5-11H2,1-4H3. The van der Waals surface area contributed by atoms with E-state index < -0.39 is 0 Å². The summed E-state index contributed by atoms with van der Waals surface area (Å²) in [6, 6.07) is 2.53. The van der Waals surface area contributed by atoms with Crippen LogP contribution in [0.1, 0.15) is 56.2 Å². The van der Waals surface area contributed by atoms with Crippen LogP contribution in [-0.4, -0.2) is 31.1 Å². The van der Waals surface area contributed by atoms with E-state index in [1.165, 1.54) is 44.5 Å². The minimum absolute atomic E-state index is 0.383. The van der Waals surface area contributed by atoms with Crippen molar-refractivity contribution in [3.63, 3.8) is 0 Å². The van der Waals surface area contributed by atoms with E-state index in [2.05, 4.69) is 37.1 Å². The van der Waals surface area contributed by atoms with Crippen molar-refractivity contribution >= 4 is 0 Å². The smallest absolute Gasteiger partial charge is 0.105 e. The van der Waals surface area contributed by atoms with Gasteiger partial charge in [0, 0.05) is 11.6 Å². The van der Waals surface area contributed by atoms with Gasteiger partial charge in [-0.3, -0.25) is 0 Å². The van der Waals surface area contributed by atoms with Crippen LogP contribution in [0.5, 0.6) is 0 Å². The Kier molecular flexibility index (Phi) is 5.67. The van der Waals surface area contributed by atoms with E-state index in [4.69, 9.17) is 4.42 Å². The molecule has 0 saturated carbocycles. The van der Waals surface area contributed by atoms with Gasteiger partial charge in [-0.2, -0.15) is 0 Å². The van der Waals surface area contributed by atoms with Crippen LogP contribution < -0.4 is 5.32 Å². The van der Waals surface area contributed by atoms with Gasteiger partial charge in [0.25, 0.3) is 0 Å². The highest BCUT2D eigenvalue weighted by atomic mass is 16.3. The van der Waals surface area contributed by atoms with Crippen molar-refractivity contribution in [1.29, 1.82) is 0 Å². The summed E-state index contributed by atoms with van der Waals surface area (Å²) in [5, 5.41) is 3.61. The Balaban J connectivity index is 1.64. The van der Waals surface area contributed by atoms with E-state index in [-0.39, 0.29) is 0 Å². The SMILES string of the molecule is Cc1cc(C(C)NCCCN2CCC(C)CC2)c(C)o1. The second kappa shape index (κ2) is 7.28. The van der Waals surface area contributed by atoms with Crippen molar-refractivity contribution < 1.29 is 4.42 Å². The third-order valence-corrected chi connectivity index (χ3v) is 4.52.